The van der Waals surface area contributed by atoms with Crippen molar-refractivity contribution in [1.82, 2.24) is 9.88 Å². The normalized spacial score (nSPS) is 14.5. The van der Waals surface area contributed by atoms with Crippen molar-refractivity contribution in [3.05, 3.63) is 53.7 Å². The fraction of sp³-hybridized carbons (Fsp3) is 0.350. The van der Waals surface area contributed by atoms with Gasteiger partial charge in [-0.2, -0.15) is 5.26 Å². The second kappa shape index (κ2) is 7.87. The molecule has 0 spiro atoms. The Labute approximate surface area is 154 Å². The molecular weight excluding hydrogens is 326 g/mol. The highest BCUT2D eigenvalue weighted by Crippen LogP contribution is 2.21. The van der Waals surface area contributed by atoms with Gasteiger partial charge in [0, 0.05) is 46.5 Å². The summed E-state index contributed by atoms with van der Waals surface area (Å²) < 4.78 is 0. The maximum absolute atomic E-state index is 12.8. The van der Waals surface area contributed by atoms with Crippen LogP contribution in [0.25, 0.3) is 0 Å². The Morgan fingerprint density at radius 2 is 1.92 bits per heavy atom. The minimum atomic E-state index is 0.0122. The molecule has 0 unspecified atom stereocenters. The first kappa shape index (κ1) is 17.7. The van der Waals surface area contributed by atoms with Gasteiger partial charge in [0.15, 0.2) is 0 Å². The Balaban J connectivity index is 1.70. The standard InChI is InChI=1S/C20H23N5O/c1-23(2)19-9-8-17(15-22-19)20(26)25-11-5-10-24(12-13-25)18-7-4-3-6-16(18)14-21/h3-4,6-9,15H,5,10-13H2,1-2H3. The number of para-hydroxylation sites is 1. The molecule has 1 aliphatic heterocycles. The lowest BCUT2D eigenvalue weighted by atomic mass is 10.1. The van der Waals surface area contributed by atoms with Gasteiger partial charge in [-0.3, -0.25) is 4.79 Å². The zero-order valence-corrected chi connectivity index (χ0v) is 15.2. The van der Waals surface area contributed by atoms with Crippen LogP contribution in [0, 0.1) is 11.3 Å². The second-order valence-corrected chi connectivity index (χ2v) is 6.56. The van der Waals surface area contributed by atoms with Crippen LogP contribution < -0.4 is 9.80 Å². The summed E-state index contributed by atoms with van der Waals surface area (Å²) in [4.78, 5) is 23.1. The van der Waals surface area contributed by atoms with Crippen molar-refractivity contribution < 1.29 is 4.79 Å². The van der Waals surface area contributed by atoms with Crippen molar-refractivity contribution in [2.24, 2.45) is 0 Å². The van der Waals surface area contributed by atoms with E-state index >= 15 is 0 Å². The maximum atomic E-state index is 12.8. The Bertz CT molecular complexity index is 810. The third-order valence-electron chi connectivity index (χ3n) is 4.60. The molecule has 1 amide bonds. The van der Waals surface area contributed by atoms with E-state index in [-0.39, 0.29) is 5.91 Å². The molecule has 26 heavy (non-hydrogen) atoms. The number of amides is 1. The summed E-state index contributed by atoms with van der Waals surface area (Å²) in [5.41, 5.74) is 2.23. The van der Waals surface area contributed by atoms with Gasteiger partial charge in [-0.25, -0.2) is 4.98 Å². The highest BCUT2D eigenvalue weighted by atomic mass is 16.2. The molecule has 1 aromatic heterocycles. The first-order valence-corrected chi connectivity index (χ1v) is 8.77. The van der Waals surface area contributed by atoms with Gasteiger partial charge in [0.25, 0.3) is 5.91 Å². The lowest BCUT2D eigenvalue weighted by Crippen LogP contribution is -2.35. The molecular formula is C20H23N5O. The van der Waals surface area contributed by atoms with Crippen molar-refractivity contribution in [2.75, 3.05) is 50.1 Å². The summed E-state index contributed by atoms with van der Waals surface area (Å²) in [5.74, 6) is 0.843. The summed E-state index contributed by atoms with van der Waals surface area (Å²) in [6.07, 6.45) is 2.51. The van der Waals surface area contributed by atoms with Gasteiger partial charge in [-0.15, -0.1) is 0 Å². The van der Waals surface area contributed by atoms with Gasteiger partial charge >= 0.3 is 0 Å². The van der Waals surface area contributed by atoms with E-state index in [4.69, 9.17) is 0 Å². The number of carbonyl (C=O) groups is 1. The van der Waals surface area contributed by atoms with E-state index < -0.39 is 0 Å². The Morgan fingerprint density at radius 3 is 2.62 bits per heavy atom. The lowest BCUT2D eigenvalue weighted by Gasteiger charge is -2.24. The van der Waals surface area contributed by atoms with Crippen LogP contribution in [0.3, 0.4) is 0 Å². The van der Waals surface area contributed by atoms with Crippen molar-refractivity contribution in [3.8, 4) is 6.07 Å². The minimum Gasteiger partial charge on any atom is -0.369 e. The minimum absolute atomic E-state index is 0.0122. The molecule has 1 saturated heterocycles. The molecule has 0 aliphatic carbocycles. The summed E-state index contributed by atoms with van der Waals surface area (Å²) in [5, 5.41) is 9.32. The summed E-state index contributed by atoms with van der Waals surface area (Å²) in [7, 11) is 3.85. The number of nitrogens with zero attached hydrogens (tertiary/aromatic N) is 5. The Morgan fingerprint density at radius 1 is 1.12 bits per heavy atom. The van der Waals surface area contributed by atoms with Crippen molar-refractivity contribution >= 4 is 17.4 Å². The third-order valence-corrected chi connectivity index (χ3v) is 4.60. The molecule has 6 nitrogen and oxygen atoms in total. The van der Waals surface area contributed by atoms with Gasteiger partial charge in [0.2, 0.25) is 0 Å². The van der Waals surface area contributed by atoms with E-state index in [1.807, 2.05) is 60.3 Å². The van der Waals surface area contributed by atoms with Crippen LogP contribution in [0.1, 0.15) is 22.3 Å². The first-order chi connectivity index (χ1) is 12.6. The first-order valence-electron chi connectivity index (χ1n) is 8.77. The zero-order chi connectivity index (χ0) is 18.5. The van der Waals surface area contributed by atoms with Gasteiger partial charge in [0.1, 0.15) is 11.9 Å². The van der Waals surface area contributed by atoms with Crippen LogP contribution in [0.2, 0.25) is 0 Å². The molecule has 2 heterocycles. The van der Waals surface area contributed by atoms with Crippen LogP contribution in [-0.2, 0) is 0 Å². The summed E-state index contributed by atoms with van der Waals surface area (Å²) >= 11 is 0. The third kappa shape index (κ3) is 3.77. The molecule has 0 N–H and O–H groups in total. The molecule has 6 heteroatoms. The predicted molar refractivity (Wildman–Crippen MR) is 102 cm³/mol. The zero-order valence-electron chi connectivity index (χ0n) is 15.2. The number of anilines is 2. The van der Waals surface area contributed by atoms with Crippen molar-refractivity contribution in [3.63, 3.8) is 0 Å². The van der Waals surface area contributed by atoms with Crippen LogP contribution in [0.4, 0.5) is 11.5 Å². The number of rotatable bonds is 3. The lowest BCUT2D eigenvalue weighted by molar-refractivity contribution is 0.0766. The largest absolute Gasteiger partial charge is 0.369 e. The molecule has 0 radical (unpaired) electrons. The molecule has 2 aromatic rings. The molecule has 134 valence electrons. The Hall–Kier alpha value is -3.07. The number of pyridine rings is 1. The van der Waals surface area contributed by atoms with Gasteiger partial charge in [-0.05, 0) is 30.7 Å². The second-order valence-electron chi connectivity index (χ2n) is 6.56. The molecule has 1 aliphatic rings. The number of hydrogen-bond donors (Lipinski definition) is 0. The van der Waals surface area contributed by atoms with Crippen molar-refractivity contribution in [1.29, 1.82) is 5.26 Å². The fourth-order valence-corrected chi connectivity index (χ4v) is 3.17. The molecule has 1 aromatic carbocycles. The van der Waals surface area contributed by atoms with E-state index in [9.17, 15) is 10.1 Å². The highest BCUT2D eigenvalue weighted by molar-refractivity contribution is 5.94. The SMILES string of the molecule is CN(C)c1ccc(C(=O)N2CCCN(c3ccccc3C#N)CC2)cn1. The smallest absolute Gasteiger partial charge is 0.255 e. The summed E-state index contributed by atoms with van der Waals surface area (Å²) in [6, 6.07) is 13.6. The monoisotopic (exact) mass is 349 g/mol. The molecule has 1 fully saturated rings. The van der Waals surface area contributed by atoms with E-state index in [0.717, 1.165) is 24.5 Å². The molecule has 0 bridgehead atoms. The Kier molecular flexibility index (Phi) is 5.37. The van der Waals surface area contributed by atoms with Gasteiger partial charge < -0.3 is 14.7 Å². The van der Waals surface area contributed by atoms with E-state index in [0.29, 0.717) is 30.8 Å². The van der Waals surface area contributed by atoms with E-state index in [1.54, 1.807) is 6.20 Å². The fourth-order valence-electron chi connectivity index (χ4n) is 3.17. The van der Waals surface area contributed by atoms with Gasteiger partial charge in [-0.1, -0.05) is 12.1 Å². The summed E-state index contributed by atoms with van der Waals surface area (Å²) in [6.45, 7) is 2.89. The van der Waals surface area contributed by atoms with Crippen molar-refractivity contribution in [2.45, 2.75) is 6.42 Å². The number of benzene rings is 1. The average Bonchev–Trinajstić information content (AvgIpc) is 2.93. The number of hydrogen-bond acceptors (Lipinski definition) is 5. The number of carbonyl (C=O) groups excluding carboxylic acids is 1. The average molecular weight is 349 g/mol. The number of aromatic nitrogens is 1. The predicted octanol–water partition coefficient (Wildman–Crippen LogP) is 2.37. The number of nitriles is 1. The maximum Gasteiger partial charge on any atom is 0.255 e. The quantitative estimate of drug-likeness (QED) is 0.851. The molecule has 0 atom stereocenters. The molecule has 3 rings (SSSR count). The van der Waals surface area contributed by atoms with Crippen LogP contribution in [0.15, 0.2) is 42.6 Å². The van der Waals surface area contributed by atoms with Crippen LogP contribution >= 0.6 is 0 Å². The van der Waals surface area contributed by atoms with Crippen LogP contribution in [0.5, 0.6) is 0 Å². The van der Waals surface area contributed by atoms with Crippen LogP contribution in [-0.4, -0.2) is 56.1 Å². The van der Waals surface area contributed by atoms with E-state index in [1.165, 1.54) is 0 Å². The van der Waals surface area contributed by atoms with E-state index in [2.05, 4.69) is 16.0 Å². The molecule has 0 saturated carbocycles. The van der Waals surface area contributed by atoms with Gasteiger partial charge in [0.05, 0.1) is 16.8 Å². The highest BCUT2D eigenvalue weighted by Gasteiger charge is 2.21. The topological polar surface area (TPSA) is 63.5 Å².